The predicted molar refractivity (Wildman–Crippen MR) is 229 cm³/mol. The van der Waals surface area contributed by atoms with Crippen molar-refractivity contribution in [3.8, 4) is 61.7 Å². The van der Waals surface area contributed by atoms with Crippen LogP contribution in [0, 0.1) is 11.3 Å². The zero-order valence-corrected chi connectivity index (χ0v) is 30.1. The molecular weight excluding hydrogens is 667 g/mol. The Morgan fingerprint density at radius 3 is 1.58 bits per heavy atom. The number of para-hydroxylation sites is 2. The van der Waals surface area contributed by atoms with Crippen LogP contribution in [0.4, 0.5) is 17.1 Å². The Labute approximate surface area is 320 Å². The van der Waals surface area contributed by atoms with E-state index in [0.717, 1.165) is 28.2 Å². The first-order chi connectivity index (χ1) is 27.2. The van der Waals surface area contributed by atoms with Crippen molar-refractivity contribution in [1.82, 2.24) is 0 Å². The molecular formula is C52H35N3. The molecule has 0 saturated carbocycles. The summed E-state index contributed by atoms with van der Waals surface area (Å²) in [4.78, 5) is 2.15. The molecule has 0 unspecified atom stereocenters. The fourth-order valence-electron chi connectivity index (χ4n) is 8.72. The average molecular weight is 702 g/mol. The molecule has 9 aromatic carbocycles. The van der Waals surface area contributed by atoms with Gasteiger partial charge in [-0.1, -0.05) is 158 Å². The molecule has 55 heavy (non-hydrogen) atoms. The van der Waals surface area contributed by atoms with Crippen LogP contribution in [-0.2, 0) is 6.54 Å². The maximum absolute atomic E-state index is 10.1. The number of fused-ring (bicyclic) bond motifs is 4. The van der Waals surface area contributed by atoms with Gasteiger partial charge in [0.2, 0.25) is 0 Å². The predicted octanol–water partition coefficient (Wildman–Crippen LogP) is 13.4. The summed E-state index contributed by atoms with van der Waals surface area (Å²) in [7, 11) is 0. The molecule has 258 valence electrons. The molecule has 0 aliphatic heterocycles. The molecule has 0 aromatic heterocycles. The van der Waals surface area contributed by atoms with Crippen molar-refractivity contribution in [2.75, 3.05) is 4.90 Å². The minimum atomic E-state index is 0.385. The first kappa shape index (κ1) is 32.4. The molecule has 0 fully saturated rings. The summed E-state index contributed by atoms with van der Waals surface area (Å²) in [5.74, 6) is 0. The van der Waals surface area contributed by atoms with Crippen LogP contribution >= 0.6 is 0 Å². The van der Waals surface area contributed by atoms with E-state index in [1.165, 1.54) is 71.6 Å². The summed E-state index contributed by atoms with van der Waals surface area (Å²) in [5, 5.41) is 15.1. The third kappa shape index (κ3) is 5.16. The molecule has 3 heteroatoms. The number of nitriles is 1. The van der Waals surface area contributed by atoms with Crippen molar-refractivity contribution < 1.29 is 0 Å². The lowest BCUT2D eigenvalue weighted by Gasteiger charge is -2.28. The fourth-order valence-corrected chi connectivity index (χ4v) is 8.72. The quantitative estimate of drug-likeness (QED) is 0.180. The lowest BCUT2D eigenvalue weighted by molar-refractivity contribution is 1.06. The van der Waals surface area contributed by atoms with E-state index in [-0.39, 0.29) is 0 Å². The molecule has 0 radical (unpaired) electrons. The van der Waals surface area contributed by atoms with Crippen LogP contribution in [0.2, 0.25) is 0 Å². The van der Waals surface area contributed by atoms with Crippen molar-refractivity contribution >= 4 is 38.6 Å². The average Bonchev–Trinajstić information content (AvgIpc) is 3.59. The first-order valence-corrected chi connectivity index (χ1v) is 18.7. The van der Waals surface area contributed by atoms with Gasteiger partial charge in [0.15, 0.2) is 0 Å². The molecule has 1 aliphatic carbocycles. The molecule has 0 atom stereocenters. The lowest BCUT2D eigenvalue weighted by Crippen LogP contribution is -2.14. The highest BCUT2D eigenvalue weighted by Crippen LogP contribution is 2.58. The van der Waals surface area contributed by atoms with Gasteiger partial charge in [0.05, 0.1) is 16.9 Å². The minimum absolute atomic E-state index is 0.385. The van der Waals surface area contributed by atoms with Crippen LogP contribution in [0.3, 0.4) is 0 Å². The standard InChI is InChI=1S/C52H35N3/c53-32-37-18-7-11-24-46(37)55(47-25-12-8-19-38(47)33-54)39-28-26-34(27-29-39)40-30-31-45-50-41(40)22-13-23-44(50)51-48(35-14-3-1-4-15-35)42-20-9-10-21-43(42)49(52(45)51)36-16-5-2-6-17-36/h1-31H,32,53H2. The van der Waals surface area contributed by atoms with Crippen LogP contribution in [-0.4, -0.2) is 0 Å². The highest BCUT2D eigenvalue weighted by Gasteiger charge is 2.31. The second-order valence-electron chi connectivity index (χ2n) is 14.0. The summed E-state index contributed by atoms with van der Waals surface area (Å²) in [5.41, 5.74) is 23.0. The van der Waals surface area contributed by atoms with Gasteiger partial charge in [-0.05, 0) is 113 Å². The summed E-state index contributed by atoms with van der Waals surface area (Å²) >= 11 is 0. The van der Waals surface area contributed by atoms with Crippen LogP contribution in [0.15, 0.2) is 188 Å². The Kier molecular flexibility index (Phi) is 7.84. The Hall–Kier alpha value is -7.25. The molecule has 10 rings (SSSR count). The maximum atomic E-state index is 10.1. The Morgan fingerprint density at radius 1 is 0.418 bits per heavy atom. The highest BCUT2D eigenvalue weighted by atomic mass is 15.1. The largest absolute Gasteiger partial charge is 0.326 e. The van der Waals surface area contributed by atoms with Gasteiger partial charge < -0.3 is 10.6 Å². The maximum Gasteiger partial charge on any atom is 0.101 e. The van der Waals surface area contributed by atoms with Gasteiger partial charge in [-0.2, -0.15) is 5.26 Å². The number of rotatable bonds is 7. The van der Waals surface area contributed by atoms with Crippen LogP contribution < -0.4 is 10.6 Å². The van der Waals surface area contributed by atoms with E-state index >= 15 is 0 Å². The van der Waals surface area contributed by atoms with E-state index < -0.39 is 0 Å². The Balaban J connectivity index is 1.19. The molecule has 0 amide bonds. The molecule has 0 bridgehead atoms. The molecule has 0 heterocycles. The van der Waals surface area contributed by atoms with Gasteiger partial charge in [-0.25, -0.2) is 0 Å². The summed E-state index contributed by atoms with van der Waals surface area (Å²) in [6, 6.07) is 69.0. The van der Waals surface area contributed by atoms with E-state index in [1.54, 1.807) is 0 Å². The van der Waals surface area contributed by atoms with Gasteiger partial charge in [-0.15, -0.1) is 0 Å². The minimum Gasteiger partial charge on any atom is -0.326 e. The van der Waals surface area contributed by atoms with Gasteiger partial charge in [0.1, 0.15) is 6.07 Å². The van der Waals surface area contributed by atoms with Crippen LogP contribution in [0.5, 0.6) is 0 Å². The van der Waals surface area contributed by atoms with E-state index in [4.69, 9.17) is 5.73 Å². The molecule has 1 aliphatic rings. The molecule has 0 saturated heterocycles. The van der Waals surface area contributed by atoms with Gasteiger partial charge in [0.25, 0.3) is 0 Å². The second kappa shape index (κ2) is 13.3. The molecule has 0 spiro atoms. The highest BCUT2D eigenvalue weighted by molar-refractivity contribution is 6.28. The van der Waals surface area contributed by atoms with E-state index in [0.29, 0.717) is 12.1 Å². The summed E-state index contributed by atoms with van der Waals surface area (Å²) in [6.07, 6.45) is 0. The number of hydrogen-bond acceptors (Lipinski definition) is 3. The Morgan fingerprint density at radius 2 is 0.945 bits per heavy atom. The molecule has 2 N–H and O–H groups in total. The number of nitrogens with zero attached hydrogens (tertiary/aromatic N) is 2. The second-order valence-corrected chi connectivity index (χ2v) is 14.0. The molecule has 3 nitrogen and oxygen atoms in total. The smallest absolute Gasteiger partial charge is 0.101 e. The summed E-state index contributed by atoms with van der Waals surface area (Å²) < 4.78 is 0. The van der Waals surface area contributed by atoms with Gasteiger partial charge in [0, 0.05) is 12.2 Å². The number of benzene rings is 9. The Bertz CT molecular complexity index is 2870. The topological polar surface area (TPSA) is 53.0 Å². The van der Waals surface area contributed by atoms with Crippen molar-refractivity contribution in [3.63, 3.8) is 0 Å². The SMILES string of the molecule is N#Cc1ccccc1N(c1ccc(-c2ccc3c4c(cccc24)-c2c-3c(-c3ccccc3)c3ccccc3c2-c2ccccc2)cc1)c1ccccc1CN. The normalized spacial score (nSPS) is 11.4. The number of anilines is 3. The van der Waals surface area contributed by atoms with Crippen LogP contribution in [0.1, 0.15) is 11.1 Å². The van der Waals surface area contributed by atoms with Crippen molar-refractivity contribution in [1.29, 1.82) is 5.26 Å². The van der Waals surface area contributed by atoms with Crippen molar-refractivity contribution in [3.05, 3.63) is 199 Å². The monoisotopic (exact) mass is 701 g/mol. The summed E-state index contributed by atoms with van der Waals surface area (Å²) in [6.45, 7) is 0.385. The number of hydrogen-bond donors (Lipinski definition) is 1. The van der Waals surface area contributed by atoms with Crippen molar-refractivity contribution in [2.24, 2.45) is 5.73 Å². The zero-order chi connectivity index (χ0) is 36.9. The molecule has 9 aromatic rings. The third-order valence-electron chi connectivity index (χ3n) is 11.1. The zero-order valence-electron chi connectivity index (χ0n) is 30.1. The van der Waals surface area contributed by atoms with E-state index in [1.807, 2.05) is 42.5 Å². The van der Waals surface area contributed by atoms with Gasteiger partial charge in [-0.3, -0.25) is 0 Å². The van der Waals surface area contributed by atoms with E-state index in [9.17, 15) is 5.26 Å². The number of nitrogens with two attached hydrogens (primary N) is 1. The van der Waals surface area contributed by atoms with Crippen molar-refractivity contribution in [2.45, 2.75) is 6.54 Å². The van der Waals surface area contributed by atoms with Crippen LogP contribution in [0.25, 0.3) is 77.2 Å². The lowest BCUT2D eigenvalue weighted by atomic mass is 9.82. The first-order valence-electron chi connectivity index (χ1n) is 18.7. The fraction of sp³-hybridized carbons (Fsp3) is 0.0192. The third-order valence-corrected chi connectivity index (χ3v) is 11.1. The van der Waals surface area contributed by atoms with E-state index in [2.05, 4.69) is 157 Å². The van der Waals surface area contributed by atoms with Gasteiger partial charge >= 0.3 is 0 Å².